The van der Waals surface area contributed by atoms with E-state index in [1.807, 2.05) is 6.07 Å². The summed E-state index contributed by atoms with van der Waals surface area (Å²) in [6.07, 6.45) is 0. The first-order valence-electron chi connectivity index (χ1n) is 4.11. The highest BCUT2D eigenvalue weighted by atomic mass is 32.1. The van der Waals surface area contributed by atoms with Crippen molar-refractivity contribution in [2.45, 2.75) is 6.92 Å². The largest absolute Gasteiger partial charge is 0.478 e. The van der Waals surface area contributed by atoms with Crippen LogP contribution in [0.15, 0.2) is 18.2 Å². The lowest BCUT2D eigenvalue weighted by molar-refractivity contribution is 0.0696. The van der Waals surface area contributed by atoms with Crippen LogP contribution < -0.4 is 5.73 Å². The summed E-state index contributed by atoms with van der Waals surface area (Å²) < 4.78 is 1.03. The van der Waals surface area contributed by atoms with Crippen LogP contribution in [0.1, 0.15) is 15.9 Å². The van der Waals surface area contributed by atoms with Crippen molar-refractivity contribution in [2.24, 2.45) is 0 Å². The van der Waals surface area contributed by atoms with Crippen LogP contribution in [0, 0.1) is 6.92 Å². The molecule has 72 valence electrons. The zero-order valence-corrected chi connectivity index (χ0v) is 8.39. The van der Waals surface area contributed by atoms with Crippen LogP contribution >= 0.6 is 11.3 Å². The molecule has 0 aliphatic rings. The topological polar surface area (TPSA) is 63.3 Å². The Hall–Kier alpha value is -1.55. The lowest BCUT2D eigenvalue weighted by atomic mass is 10.1. The number of hydrogen-bond donors (Lipinski definition) is 2. The number of nitrogens with two attached hydrogens (primary N) is 1. The molecule has 0 spiro atoms. The fourth-order valence-electron chi connectivity index (χ4n) is 1.50. The van der Waals surface area contributed by atoms with Crippen molar-refractivity contribution in [3.05, 3.63) is 29.3 Å². The molecule has 0 unspecified atom stereocenters. The maximum absolute atomic E-state index is 10.8. The van der Waals surface area contributed by atoms with Crippen molar-refractivity contribution in [3.63, 3.8) is 0 Å². The highest BCUT2D eigenvalue weighted by Gasteiger charge is 2.10. The van der Waals surface area contributed by atoms with Gasteiger partial charge in [0.1, 0.15) is 0 Å². The van der Waals surface area contributed by atoms with Gasteiger partial charge in [0.2, 0.25) is 0 Å². The van der Waals surface area contributed by atoms with E-state index in [9.17, 15) is 4.79 Å². The molecule has 0 amide bonds. The summed E-state index contributed by atoms with van der Waals surface area (Å²) in [6.45, 7) is 1.80. The third-order valence-electron chi connectivity index (χ3n) is 2.22. The van der Waals surface area contributed by atoms with Crippen molar-refractivity contribution < 1.29 is 9.90 Å². The van der Waals surface area contributed by atoms with E-state index >= 15 is 0 Å². The van der Waals surface area contributed by atoms with Gasteiger partial charge in [-0.05, 0) is 36.1 Å². The van der Waals surface area contributed by atoms with Gasteiger partial charge in [-0.15, -0.1) is 11.3 Å². The summed E-state index contributed by atoms with van der Waals surface area (Å²) in [5, 5.41) is 10.6. The first kappa shape index (κ1) is 9.02. The number of fused-ring (bicyclic) bond motifs is 1. The minimum atomic E-state index is -0.894. The zero-order chi connectivity index (χ0) is 10.3. The molecule has 4 heteroatoms. The Kier molecular flexibility index (Phi) is 1.93. The Labute approximate surface area is 84.8 Å². The van der Waals surface area contributed by atoms with E-state index in [-0.39, 0.29) is 0 Å². The highest BCUT2D eigenvalue weighted by Crippen LogP contribution is 2.31. The molecule has 3 nitrogen and oxygen atoms in total. The molecule has 0 bridgehead atoms. The van der Waals surface area contributed by atoms with Gasteiger partial charge < -0.3 is 10.8 Å². The van der Waals surface area contributed by atoms with Gasteiger partial charge in [-0.2, -0.15) is 0 Å². The van der Waals surface area contributed by atoms with Crippen LogP contribution in [0.3, 0.4) is 0 Å². The number of carbonyl (C=O) groups is 1. The number of aromatic carboxylic acids is 1. The van der Waals surface area contributed by atoms with Gasteiger partial charge in [0.15, 0.2) is 0 Å². The fraction of sp³-hybridized carbons (Fsp3) is 0.100. The van der Waals surface area contributed by atoms with Crippen LogP contribution in [0.4, 0.5) is 5.00 Å². The number of rotatable bonds is 1. The molecule has 1 aromatic heterocycles. The standard InChI is InChI=1S/C10H9NO2S/c1-5-6(10(12)13)2-3-8-7(5)4-9(11)14-8/h2-4H,11H2,1H3,(H,12,13). The van der Waals surface area contributed by atoms with E-state index in [1.165, 1.54) is 11.3 Å². The Bertz CT molecular complexity index is 516. The number of thiophene rings is 1. The summed E-state index contributed by atoms with van der Waals surface area (Å²) in [5.41, 5.74) is 6.78. The van der Waals surface area contributed by atoms with E-state index in [0.29, 0.717) is 10.6 Å². The molecule has 3 N–H and O–H groups in total. The van der Waals surface area contributed by atoms with Crippen LogP contribution in [0.25, 0.3) is 10.1 Å². The van der Waals surface area contributed by atoms with E-state index in [4.69, 9.17) is 10.8 Å². The highest BCUT2D eigenvalue weighted by molar-refractivity contribution is 7.22. The van der Waals surface area contributed by atoms with E-state index in [0.717, 1.165) is 15.6 Å². The predicted octanol–water partition coefficient (Wildman–Crippen LogP) is 2.49. The van der Waals surface area contributed by atoms with Crippen molar-refractivity contribution in [2.75, 3.05) is 5.73 Å². The minimum Gasteiger partial charge on any atom is -0.478 e. The van der Waals surface area contributed by atoms with Gasteiger partial charge in [-0.3, -0.25) is 0 Å². The molecule has 1 aromatic carbocycles. The minimum absolute atomic E-state index is 0.343. The van der Waals surface area contributed by atoms with Gasteiger partial charge in [0, 0.05) is 4.70 Å². The number of carboxylic acids is 1. The summed E-state index contributed by atoms with van der Waals surface area (Å²) in [6, 6.07) is 5.24. The van der Waals surface area contributed by atoms with Crippen LogP contribution in [0.5, 0.6) is 0 Å². The van der Waals surface area contributed by atoms with Gasteiger partial charge in [-0.25, -0.2) is 4.79 Å². The number of anilines is 1. The molecule has 0 aliphatic carbocycles. The van der Waals surface area contributed by atoms with E-state index < -0.39 is 5.97 Å². The second kappa shape index (κ2) is 2.99. The molecular formula is C10H9NO2S. The average molecular weight is 207 g/mol. The lowest BCUT2D eigenvalue weighted by Gasteiger charge is -2.00. The molecular weight excluding hydrogens is 198 g/mol. The third kappa shape index (κ3) is 1.24. The summed E-state index contributed by atoms with van der Waals surface area (Å²) in [7, 11) is 0. The molecule has 0 saturated carbocycles. The molecule has 0 atom stereocenters. The number of hydrogen-bond acceptors (Lipinski definition) is 3. The average Bonchev–Trinajstić information content (AvgIpc) is 2.46. The van der Waals surface area contributed by atoms with Gasteiger partial charge in [0.25, 0.3) is 0 Å². The quantitative estimate of drug-likeness (QED) is 0.755. The number of benzene rings is 1. The Morgan fingerprint density at radius 2 is 2.21 bits per heavy atom. The summed E-state index contributed by atoms with van der Waals surface area (Å²) in [5.74, 6) is -0.894. The van der Waals surface area contributed by atoms with Crippen molar-refractivity contribution in [1.82, 2.24) is 0 Å². The van der Waals surface area contributed by atoms with Crippen LogP contribution in [-0.2, 0) is 0 Å². The normalized spacial score (nSPS) is 10.6. The number of nitrogen functional groups attached to an aromatic ring is 1. The Morgan fingerprint density at radius 3 is 2.86 bits per heavy atom. The van der Waals surface area contributed by atoms with Crippen LogP contribution in [-0.4, -0.2) is 11.1 Å². The van der Waals surface area contributed by atoms with Crippen molar-refractivity contribution >= 4 is 32.4 Å². The molecule has 2 rings (SSSR count). The SMILES string of the molecule is Cc1c(C(=O)O)ccc2sc(N)cc12. The summed E-state index contributed by atoms with van der Waals surface area (Å²) in [4.78, 5) is 10.8. The van der Waals surface area contributed by atoms with Crippen molar-refractivity contribution in [3.8, 4) is 0 Å². The lowest BCUT2D eigenvalue weighted by Crippen LogP contribution is -1.98. The second-order valence-corrected chi connectivity index (χ2v) is 4.22. The van der Waals surface area contributed by atoms with Gasteiger partial charge in [-0.1, -0.05) is 0 Å². The van der Waals surface area contributed by atoms with E-state index in [1.54, 1.807) is 19.1 Å². The maximum atomic E-state index is 10.8. The number of carboxylic acid groups (broad SMARTS) is 1. The second-order valence-electron chi connectivity index (χ2n) is 3.10. The fourth-order valence-corrected chi connectivity index (χ4v) is 2.39. The van der Waals surface area contributed by atoms with Crippen LogP contribution in [0.2, 0.25) is 0 Å². The van der Waals surface area contributed by atoms with Crippen molar-refractivity contribution in [1.29, 1.82) is 0 Å². The van der Waals surface area contributed by atoms with Gasteiger partial charge >= 0.3 is 5.97 Å². The first-order valence-corrected chi connectivity index (χ1v) is 4.93. The maximum Gasteiger partial charge on any atom is 0.335 e. The third-order valence-corrected chi connectivity index (χ3v) is 3.15. The molecule has 2 aromatic rings. The molecule has 0 aliphatic heterocycles. The Morgan fingerprint density at radius 1 is 1.50 bits per heavy atom. The summed E-state index contributed by atoms with van der Waals surface area (Å²) >= 11 is 1.47. The monoisotopic (exact) mass is 207 g/mol. The van der Waals surface area contributed by atoms with Gasteiger partial charge in [0.05, 0.1) is 10.6 Å². The first-order chi connectivity index (χ1) is 6.59. The number of aryl methyl sites for hydroxylation is 1. The molecule has 0 saturated heterocycles. The van der Waals surface area contributed by atoms with E-state index in [2.05, 4.69) is 0 Å². The molecule has 0 fully saturated rings. The predicted molar refractivity (Wildman–Crippen MR) is 57.9 cm³/mol. The molecule has 14 heavy (non-hydrogen) atoms. The molecule has 0 radical (unpaired) electrons. The smallest absolute Gasteiger partial charge is 0.335 e. The zero-order valence-electron chi connectivity index (χ0n) is 7.57. The Balaban J connectivity index is 2.80. The molecule has 1 heterocycles.